The van der Waals surface area contributed by atoms with Gasteiger partial charge in [-0.25, -0.2) is 4.79 Å². The molecule has 1 unspecified atom stereocenters. The number of allylic oxidation sites excluding steroid dienone is 2. The van der Waals surface area contributed by atoms with Gasteiger partial charge in [-0.1, -0.05) is 32.4 Å². The number of rotatable bonds is 1. The quantitative estimate of drug-likeness (QED) is 0.575. The molecule has 0 aromatic carbocycles. The Morgan fingerprint density at radius 3 is 2.74 bits per heavy atom. The van der Waals surface area contributed by atoms with Gasteiger partial charge in [0.15, 0.2) is 0 Å². The van der Waals surface area contributed by atoms with Crippen molar-refractivity contribution in [3.05, 3.63) is 23.3 Å². The van der Waals surface area contributed by atoms with E-state index in [1.807, 2.05) is 6.08 Å². The Bertz CT molecular complexity index is 475. The third-order valence-corrected chi connectivity index (χ3v) is 5.30. The molecule has 0 fully saturated rings. The van der Waals surface area contributed by atoms with Crippen molar-refractivity contribution in [3.8, 4) is 0 Å². The normalized spacial score (nSPS) is 36.0. The summed E-state index contributed by atoms with van der Waals surface area (Å²) in [7, 11) is 0. The molecule has 0 aromatic heterocycles. The standard InChI is InChI=1S/C20H32O3/c1-13(2)18-9-8-14(3)6-5-7-15(4)10-17(21)11-16-12-19(18)23-20(16)22/h6,12-13,15,17-19,21H,5,7-11H2,1-4H3/b14-6+/t15-,17?,18-,19+/m0/s1. The van der Waals surface area contributed by atoms with Crippen molar-refractivity contribution >= 4 is 5.97 Å². The summed E-state index contributed by atoms with van der Waals surface area (Å²) in [6.07, 6.45) is 9.19. The van der Waals surface area contributed by atoms with Gasteiger partial charge in [0.25, 0.3) is 0 Å². The predicted molar refractivity (Wildman–Crippen MR) is 92.9 cm³/mol. The van der Waals surface area contributed by atoms with Crippen LogP contribution in [0.2, 0.25) is 0 Å². The lowest BCUT2D eigenvalue weighted by Crippen LogP contribution is -2.25. The first-order chi connectivity index (χ1) is 10.9. The largest absolute Gasteiger partial charge is 0.454 e. The van der Waals surface area contributed by atoms with E-state index in [0.29, 0.717) is 29.7 Å². The number of hydrogen-bond donors (Lipinski definition) is 1. The summed E-state index contributed by atoms with van der Waals surface area (Å²) in [5, 5.41) is 10.3. The van der Waals surface area contributed by atoms with Gasteiger partial charge in [-0.05, 0) is 56.9 Å². The number of esters is 1. The van der Waals surface area contributed by atoms with Gasteiger partial charge in [0.05, 0.1) is 6.10 Å². The minimum absolute atomic E-state index is 0.127. The molecule has 2 bridgehead atoms. The summed E-state index contributed by atoms with van der Waals surface area (Å²) in [6, 6.07) is 0. The molecule has 1 aliphatic heterocycles. The van der Waals surface area contributed by atoms with Crippen LogP contribution in [-0.4, -0.2) is 23.3 Å². The Morgan fingerprint density at radius 2 is 2.04 bits per heavy atom. The van der Waals surface area contributed by atoms with Gasteiger partial charge in [-0.3, -0.25) is 0 Å². The van der Waals surface area contributed by atoms with E-state index < -0.39 is 6.10 Å². The van der Waals surface area contributed by atoms with E-state index in [0.717, 1.165) is 32.1 Å². The van der Waals surface area contributed by atoms with Crippen LogP contribution in [-0.2, 0) is 9.53 Å². The third kappa shape index (κ3) is 5.20. The molecule has 3 nitrogen and oxygen atoms in total. The molecule has 0 radical (unpaired) electrons. The van der Waals surface area contributed by atoms with E-state index in [1.54, 1.807) is 0 Å². The molecule has 0 spiro atoms. The molecule has 23 heavy (non-hydrogen) atoms. The second-order valence-corrected chi connectivity index (χ2v) is 7.84. The molecule has 4 atom stereocenters. The van der Waals surface area contributed by atoms with Crippen LogP contribution < -0.4 is 0 Å². The number of carbonyl (C=O) groups excluding carboxylic acids is 1. The van der Waals surface area contributed by atoms with E-state index in [9.17, 15) is 9.90 Å². The molecule has 0 amide bonds. The summed E-state index contributed by atoms with van der Waals surface area (Å²) < 4.78 is 5.62. The minimum atomic E-state index is -0.451. The average Bonchev–Trinajstić information content (AvgIpc) is 2.78. The lowest BCUT2D eigenvalue weighted by molar-refractivity contribution is -0.142. The first kappa shape index (κ1) is 18.3. The molecule has 130 valence electrons. The van der Waals surface area contributed by atoms with Gasteiger partial charge in [0.2, 0.25) is 0 Å². The van der Waals surface area contributed by atoms with E-state index in [1.165, 1.54) is 5.57 Å². The molecular weight excluding hydrogens is 288 g/mol. The Morgan fingerprint density at radius 1 is 1.30 bits per heavy atom. The lowest BCUT2D eigenvalue weighted by Gasteiger charge is -2.25. The topological polar surface area (TPSA) is 46.5 Å². The Balaban J connectivity index is 2.19. The molecule has 2 rings (SSSR count). The third-order valence-electron chi connectivity index (χ3n) is 5.30. The van der Waals surface area contributed by atoms with Crippen molar-refractivity contribution in [1.82, 2.24) is 0 Å². The number of fused-ring (bicyclic) bond motifs is 1. The maximum atomic E-state index is 12.1. The van der Waals surface area contributed by atoms with E-state index >= 15 is 0 Å². The van der Waals surface area contributed by atoms with Crippen LogP contribution in [0.25, 0.3) is 0 Å². The number of aliphatic hydroxyl groups is 1. The summed E-state index contributed by atoms with van der Waals surface area (Å²) in [5.41, 5.74) is 2.10. The summed E-state index contributed by atoms with van der Waals surface area (Å²) in [6.45, 7) is 8.77. The maximum absolute atomic E-state index is 12.1. The second-order valence-electron chi connectivity index (χ2n) is 7.84. The van der Waals surface area contributed by atoms with Crippen LogP contribution in [0.1, 0.15) is 66.2 Å². The van der Waals surface area contributed by atoms with Crippen LogP contribution in [0, 0.1) is 17.8 Å². The van der Waals surface area contributed by atoms with Crippen LogP contribution in [0.5, 0.6) is 0 Å². The van der Waals surface area contributed by atoms with Gasteiger partial charge < -0.3 is 9.84 Å². The SMILES string of the molecule is C/C1=C\CC[C@H](C)CC(O)CC2=C[C@@H](OC2=O)[C@H](C(C)C)CC1. The summed E-state index contributed by atoms with van der Waals surface area (Å²) in [4.78, 5) is 12.1. The van der Waals surface area contributed by atoms with Crippen molar-refractivity contribution < 1.29 is 14.6 Å². The Labute approximate surface area is 140 Å². The highest BCUT2D eigenvalue weighted by Crippen LogP contribution is 2.32. The minimum Gasteiger partial charge on any atom is -0.454 e. The van der Waals surface area contributed by atoms with Gasteiger partial charge in [-0.15, -0.1) is 0 Å². The highest BCUT2D eigenvalue weighted by molar-refractivity contribution is 5.91. The van der Waals surface area contributed by atoms with Gasteiger partial charge in [-0.2, -0.15) is 0 Å². The second kappa shape index (κ2) is 8.14. The van der Waals surface area contributed by atoms with Crippen molar-refractivity contribution in [3.63, 3.8) is 0 Å². The molecular formula is C20H32O3. The fraction of sp³-hybridized carbons (Fsp3) is 0.750. The number of aliphatic hydroxyl groups excluding tert-OH is 1. The zero-order chi connectivity index (χ0) is 17.0. The smallest absolute Gasteiger partial charge is 0.334 e. The fourth-order valence-corrected chi connectivity index (χ4v) is 3.77. The fourth-order valence-electron chi connectivity index (χ4n) is 3.77. The highest BCUT2D eigenvalue weighted by Gasteiger charge is 2.34. The van der Waals surface area contributed by atoms with Gasteiger partial charge in [0.1, 0.15) is 6.10 Å². The van der Waals surface area contributed by atoms with Crippen LogP contribution in [0.3, 0.4) is 0 Å². The number of hydrogen-bond acceptors (Lipinski definition) is 3. The van der Waals surface area contributed by atoms with Crippen molar-refractivity contribution in [1.29, 1.82) is 0 Å². The lowest BCUT2D eigenvalue weighted by atomic mass is 9.84. The van der Waals surface area contributed by atoms with Crippen LogP contribution >= 0.6 is 0 Å². The molecule has 1 N–H and O–H groups in total. The molecule has 0 aromatic rings. The van der Waals surface area contributed by atoms with Gasteiger partial charge in [0, 0.05) is 17.9 Å². The maximum Gasteiger partial charge on any atom is 0.334 e. The molecule has 1 heterocycles. The van der Waals surface area contributed by atoms with E-state index in [2.05, 4.69) is 33.8 Å². The number of ether oxygens (including phenoxy) is 1. The van der Waals surface area contributed by atoms with Crippen molar-refractivity contribution in [2.75, 3.05) is 0 Å². The molecule has 2 aliphatic rings. The summed E-state index contributed by atoms with van der Waals surface area (Å²) >= 11 is 0. The van der Waals surface area contributed by atoms with E-state index in [-0.39, 0.29) is 12.1 Å². The van der Waals surface area contributed by atoms with E-state index in [4.69, 9.17) is 4.74 Å². The highest BCUT2D eigenvalue weighted by atomic mass is 16.5. The van der Waals surface area contributed by atoms with Crippen molar-refractivity contribution in [2.24, 2.45) is 17.8 Å². The zero-order valence-electron chi connectivity index (χ0n) is 15.0. The predicted octanol–water partition coefficient (Wildman–Crippen LogP) is 4.41. The van der Waals surface area contributed by atoms with Crippen LogP contribution in [0.15, 0.2) is 23.3 Å². The first-order valence-corrected chi connectivity index (χ1v) is 9.12. The first-order valence-electron chi connectivity index (χ1n) is 9.12. The Kier molecular flexibility index (Phi) is 6.46. The zero-order valence-corrected chi connectivity index (χ0v) is 15.0. The van der Waals surface area contributed by atoms with Crippen LogP contribution in [0.4, 0.5) is 0 Å². The molecule has 3 heteroatoms. The number of carbonyl (C=O) groups is 1. The molecule has 0 saturated heterocycles. The average molecular weight is 320 g/mol. The Hall–Kier alpha value is -1.09. The van der Waals surface area contributed by atoms with Gasteiger partial charge >= 0.3 is 5.97 Å². The van der Waals surface area contributed by atoms with Crippen molar-refractivity contribution in [2.45, 2.75) is 78.4 Å². The molecule has 0 saturated carbocycles. The monoisotopic (exact) mass is 320 g/mol. The summed E-state index contributed by atoms with van der Waals surface area (Å²) in [5.74, 6) is 1.05. The molecule has 1 aliphatic carbocycles.